The average molecular weight is 589 g/mol. The number of aromatic nitrogens is 1. The standard InChI is InChI=1S/C32H36N4O5S/c1-32(2,3)36(31(37)38)19-18-35(23-24-10-6-5-7-11-24)28-14-8-13-27(21-28)34-42(39,40)30-20-25(15-16-29(30)41-4)26-12-9-17-33-22-26/h5-17,20-22,34H,18-19,23H2,1-4H3,(H,37,38). The molecule has 0 saturated heterocycles. The van der Waals surface area contributed by atoms with Crippen LogP contribution >= 0.6 is 0 Å². The average Bonchev–Trinajstić information content (AvgIpc) is 2.96. The van der Waals surface area contributed by atoms with Crippen molar-refractivity contribution >= 4 is 27.5 Å². The fourth-order valence-electron chi connectivity index (χ4n) is 4.62. The summed E-state index contributed by atoms with van der Waals surface area (Å²) in [5, 5.41) is 9.81. The smallest absolute Gasteiger partial charge is 0.407 e. The van der Waals surface area contributed by atoms with Crippen molar-refractivity contribution in [3.8, 4) is 16.9 Å². The summed E-state index contributed by atoms with van der Waals surface area (Å²) in [7, 11) is -2.62. The van der Waals surface area contributed by atoms with E-state index in [2.05, 4.69) is 9.71 Å². The molecule has 0 aliphatic carbocycles. The molecule has 0 atom stereocenters. The lowest BCUT2D eigenvalue weighted by Crippen LogP contribution is -2.48. The highest BCUT2D eigenvalue weighted by Crippen LogP contribution is 2.32. The Kier molecular flexibility index (Phi) is 9.37. The number of anilines is 2. The first kappa shape index (κ1) is 30.4. The van der Waals surface area contributed by atoms with Crippen molar-refractivity contribution in [1.82, 2.24) is 9.88 Å². The van der Waals surface area contributed by atoms with Crippen LogP contribution in [0.4, 0.5) is 16.2 Å². The highest BCUT2D eigenvalue weighted by molar-refractivity contribution is 7.92. The van der Waals surface area contributed by atoms with Crippen LogP contribution in [0.15, 0.2) is 102 Å². The van der Waals surface area contributed by atoms with Crippen LogP contribution in [0.5, 0.6) is 5.75 Å². The lowest BCUT2D eigenvalue weighted by Gasteiger charge is -2.35. The van der Waals surface area contributed by atoms with Crippen LogP contribution in [0.1, 0.15) is 26.3 Å². The van der Waals surface area contributed by atoms with E-state index in [4.69, 9.17) is 4.74 Å². The number of hydrogen-bond acceptors (Lipinski definition) is 6. The maximum Gasteiger partial charge on any atom is 0.407 e. The minimum Gasteiger partial charge on any atom is -0.495 e. The topological polar surface area (TPSA) is 112 Å². The van der Waals surface area contributed by atoms with E-state index in [0.29, 0.717) is 24.3 Å². The Bertz CT molecular complexity index is 1610. The molecule has 0 unspecified atom stereocenters. The Morgan fingerprint density at radius 3 is 2.33 bits per heavy atom. The van der Waals surface area contributed by atoms with Crippen LogP contribution in [0.3, 0.4) is 0 Å². The van der Waals surface area contributed by atoms with E-state index in [0.717, 1.165) is 16.8 Å². The van der Waals surface area contributed by atoms with E-state index in [1.807, 2.05) is 68.1 Å². The van der Waals surface area contributed by atoms with Gasteiger partial charge in [-0.2, -0.15) is 0 Å². The summed E-state index contributed by atoms with van der Waals surface area (Å²) in [5.74, 6) is 0.216. The Balaban J connectivity index is 1.64. The quantitative estimate of drug-likeness (QED) is 0.210. The second-order valence-electron chi connectivity index (χ2n) is 10.8. The molecule has 1 heterocycles. The van der Waals surface area contributed by atoms with Gasteiger partial charge in [0.25, 0.3) is 10.0 Å². The Labute approximate surface area is 247 Å². The second kappa shape index (κ2) is 12.9. The van der Waals surface area contributed by atoms with E-state index in [9.17, 15) is 18.3 Å². The number of nitrogens with one attached hydrogen (secondary N) is 1. The van der Waals surface area contributed by atoms with Gasteiger partial charge in [-0.15, -0.1) is 0 Å². The van der Waals surface area contributed by atoms with E-state index < -0.39 is 21.7 Å². The molecular weight excluding hydrogens is 552 g/mol. The van der Waals surface area contributed by atoms with Crippen molar-refractivity contribution < 1.29 is 23.1 Å². The predicted octanol–water partition coefficient (Wildman–Crippen LogP) is 6.34. The summed E-state index contributed by atoms with van der Waals surface area (Å²) < 4.78 is 35.4. The van der Waals surface area contributed by atoms with Crippen LogP contribution in [0.2, 0.25) is 0 Å². The van der Waals surface area contributed by atoms with Crippen LogP contribution < -0.4 is 14.4 Å². The molecule has 0 bridgehead atoms. The molecule has 1 aromatic heterocycles. The van der Waals surface area contributed by atoms with E-state index in [-0.39, 0.29) is 17.2 Å². The van der Waals surface area contributed by atoms with Gasteiger partial charge in [0.05, 0.1) is 12.8 Å². The molecule has 2 N–H and O–H groups in total. The predicted molar refractivity (Wildman–Crippen MR) is 165 cm³/mol. The molecule has 1 amide bonds. The van der Waals surface area contributed by atoms with Crippen molar-refractivity contribution in [3.63, 3.8) is 0 Å². The monoisotopic (exact) mass is 588 g/mol. The van der Waals surface area contributed by atoms with E-state index in [1.165, 1.54) is 12.0 Å². The highest BCUT2D eigenvalue weighted by atomic mass is 32.2. The number of pyridine rings is 1. The van der Waals surface area contributed by atoms with Gasteiger partial charge in [0.2, 0.25) is 0 Å². The molecule has 0 radical (unpaired) electrons. The number of carboxylic acid groups (broad SMARTS) is 1. The van der Waals surface area contributed by atoms with Gasteiger partial charge in [0, 0.05) is 48.8 Å². The first-order valence-corrected chi connectivity index (χ1v) is 15.0. The first-order chi connectivity index (χ1) is 20.0. The summed E-state index contributed by atoms with van der Waals surface area (Å²) in [4.78, 5) is 19.6. The molecule has 42 heavy (non-hydrogen) atoms. The molecule has 10 heteroatoms. The summed E-state index contributed by atoms with van der Waals surface area (Å²) in [6.45, 7) is 6.74. The number of carbonyl (C=O) groups is 1. The van der Waals surface area contributed by atoms with Gasteiger partial charge in [0.15, 0.2) is 0 Å². The number of methoxy groups -OCH3 is 1. The Morgan fingerprint density at radius 1 is 0.929 bits per heavy atom. The molecule has 9 nitrogen and oxygen atoms in total. The summed E-state index contributed by atoms with van der Waals surface area (Å²) in [6.07, 6.45) is 2.33. The number of amides is 1. The molecular formula is C32H36N4O5S. The van der Waals surface area contributed by atoms with Gasteiger partial charge in [-0.25, -0.2) is 13.2 Å². The van der Waals surface area contributed by atoms with E-state index in [1.54, 1.807) is 54.9 Å². The third-order valence-electron chi connectivity index (χ3n) is 6.76. The van der Waals surface area contributed by atoms with Gasteiger partial charge in [0.1, 0.15) is 10.6 Å². The maximum absolute atomic E-state index is 13.6. The van der Waals surface area contributed by atoms with Gasteiger partial charge < -0.3 is 19.6 Å². The van der Waals surface area contributed by atoms with Crippen molar-refractivity contribution in [2.45, 2.75) is 37.8 Å². The lowest BCUT2D eigenvalue weighted by molar-refractivity contribution is 0.102. The zero-order valence-corrected chi connectivity index (χ0v) is 25.0. The van der Waals surface area contributed by atoms with Gasteiger partial charge >= 0.3 is 6.09 Å². The molecule has 0 aliphatic heterocycles. The van der Waals surface area contributed by atoms with Crippen molar-refractivity contribution in [2.24, 2.45) is 0 Å². The van der Waals surface area contributed by atoms with Gasteiger partial charge in [-0.05, 0) is 68.3 Å². The zero-order chi connectivity index (χ0) is 30.3. The number of ether oxygens (including phenoxy) is 1. The molecule has 4 aromatic rings. The minimum absolute atomic E-state index is 0.000162. The molecule has 0 spiro atoms. The summed E-state index contributed by atoms with van der Waals surface area (Å²) in [5.41, 5.74) is 3.04. The van der Waals surface area contributed by atoms with Crippen molar-refractivity contribution in [1.29, 1.82) is 0 Å². The van der Waals surface area contributed by atoms with Crippen LogP contribution in [-0.4, -0.2) is 55.2 Å². The number of benzene rings is 3. The van der Waals surface area contributed by atoms with Gasteiger partial charge in [-0.3, -0.25) is 9.71 Å². The zero-order valence-electron chi connectivity index (χ0n) is 24.2. The molecule has 220 valence electrons. The first-order valence-electron chi connectivity index (χ1n) is 13.5. The number of hydrogen-bond donors (Lipinski definition) is 2. The third kappa shape index (κ3) is 7.58. The molecule has 0 saturated carbocycles. The molecule has 3 aromatic carbocycles. The SMILES string of the molecule is COc1ccc(-c2cccnc2)cc1S(=O)(=O)Nc1cccc(N(CCN(C(=O)O)C(C)(C)C)Cc2ccccc2)c1. The minimum atomic E-state index is -4.04. The number of sulfonamides is 1. The van der Waals surface area contributed by atoms with Crippen LogP contribution in [0, 0.1) is 0 Å². The lowest BCUT2D eigenvalue weighted by atomic mass is 10.1. The summed E-state index contributed by atoms with van der Waals surface area (Å²) >= 11 is 0. The third-order valence-corrected chi connectivity index (χ3v) is 8.16. The molecule has 4 rings (SSSR count). The van der Waals surface area contributed by atoms with Crippen LogP contribution in [0.25, 0.3) is 11.1 Å². The Hall–Kier alpha value is -4.57. The van der Waals surface area contributed by atoms with Crippen molar-refractivity contribution in [2.75, 3.05) is 29.8 Å². The van der Waals surface area contributed by atoms with E-state index >= 15 is 0 Å². The molecule has 0 fully saturated rings. The fraction of sp³-hybridized carbons (Fsp3) is 0.250. The second-order valence-corrected chi connectivity index (χ2v) is 12.4. The maximum atomic E-state index is 13.6. The highest BCUT2D eigenvalue weighted by Gasteiger charge is 2.27. The number of rotatable bonds is 11. The summed E-state index contributed by atoms with van der Waals surface area (Å²) in [6, 6.07) is 25.5. The van der Waals surface area contributed by atoms with Crippen molar-refractivity contribution in [3.05, 3.63) is 103 Å². The van der Waals surface area contributed by atoms with Gasteiger partial charge in [-0.1, -0.05) is 48.5 Å². The normalized spacial score (nSPS) is 11.5. The fourth-order valence-corrected chi connectivity index (χ4v) is 5.86. The number of nitrogens with zero attached hydrogens (tertiary/aromatic N) is 3. The largest absolute Gasteiger partial charge is 0.495 e. The van der Waals surface area contributed by atoms with Crippen LogP contribution in [-0.2, 0) is 16.6 Å². The Morgan fingerprint density at radius 2 is 1.69 bits per heavy atom. The molecule has 0 aliphatic rings.